The largest absolute Gasteiger partial charge is 0.469 e. The number of esters is 1. The van der Waals surface area contributed by atoms with Gasteiger partial charge >= 0.3 is 5.97 Å². The molecule has 172 valence electrons. The van der Waals surface area contributed by atoms with Crippen LogP contribution in [0, 0.1) is 6.92 Å². The van der Waals surface area contributed by atoms with Gasteiger partial charge < -0.3 is 10.5 Å². The Bertz CT molecular complexity index is 1100. The maximum absolute atomic E-state index is 12.5. The molecule has 0 saturated carbocycles. The first-order chi connectivity index (χ1) is 15.2. The predicted octanol–water partition coefficient (Wildman–Crippen LogP) is 1.12. The van der Waals surface area contributed by atoms with Gasteiger partial charge in [0.05, 0.1) is 18.4 Å². The molecular formula is C21H27N5O5S. The highest BCUT2D eigenvalue weighted by Gasteiger charge is 2.31. The van der Waals surface area contributed by atoms with Gasteiger partial charge in [0.2, 0.25) is 15.9 Å². The van der Waals surface area contributed by atoms with E-state index in [1.807, 2.05) is 0 Å². The molecule has 2 heterocycles. The zero-order chi connectivity index (χ0) is 23.3. The number of benzene rings is 1. The summed E-state index contributed by atoms with van der Waals surface area (Å²) in [5, 5.41) is 0. The number of methoxy groups -OCH3 is 1. The molecule has 0 saturated heterocycles. The predicted molar refractivity (Wildman–Crippen MR) is 118 cm³/mol. The number of rotatable bonds is 10. The fourth-order valence-corrected chi connectivity index (χ4v) is 4.53. The van der Waals surface area contributed by atoms with E-state index in [9.17, 15) is 18.0 Å². The molecule has 1 amide bonds. The lowest BCUT2D eigenvalue weighted by Crippen LogP contribution is -2.30. The number of nitrogen functional groups attached to an aromatic ring is 1. The van der Waals surface area contributed by atoms with Crippen molar-refractivity contribution in [3.8, 4) is 0 Å². The number of unbranched alkanes of at least 4 members (excludes halogenated alkanes) is 1. The summed E-state index contributed by atoms with van der Waals surface area (Å²) in [4.78, 5) is 33.7. The summed E-state index contributed by atoms with van der Waals surface area (Å²) in [5.74, 6) is 0.985. The lowest BCUT2D eigenvalue weighted by molar-refractivity contribution is -0.140. The van der Waals surface area contributed by atoms with Gasteiger partial charge in [-0.1, -0.05) is 12.1 Å². The van der Waals surface area contributed by atoms with E-state index >= 15 is 0 Å². The maximum Gasteiger partial charge on any atom is 0.305 e. The number of fused-ring (bicyclic) bond motifs is 1. The third kappa shape index (κ3) is 5.60. The third-order valence-corrected chi connectivity index (χ3v) is 6.67. The number of hydrogen-bond acceptors (Lipinski definition) is 8. The van der Waals surface area contributed by atoms with Crippen molar-refractivity contribution in [2.75, 3.05) is 30.8 Å². The molecule has 11 heteroatoms. The molecule has 32 heavy (non-hydrogen) atoms. The molecule has 3 N–H and O–H groups in total. The van der Waals surface area contributed by atoms with E-state index in [1.54, 1.807) is 24.0 Å². The van der Waals surface area contributed by atoms with Gasteiger partial charge in [0.25, 0.3) is 0 Å². The number of hydrogen-bond donors (Lipinski definition) is 2. The second kappa shape index (κ2) is 10.0. The average Bonchev–Trinajstić information content (AvgIpc) is 3.07. The smallest absolute Gasteiger partial charge is 0.305 e. The molecule has 0 atom stereocenters. The Balaban J connectivity index is 1.48. The summed E-state index contributed by atoms with van der Waals surface area (Å²) in [7, 11) is -2.31. The molecule has 1 aromatic heterocycles. The van der Waals surface area contributed by atoms with Crippen LogP contribution in [0.5, 0.6) is 0 Å². The molecule has 1 aliphatic rings. The molecule has 0 bridgehead atoms. The fourth-order valence-electron chi connectivity index (χ4n) is 3.46. The summed E-state index contributed by atoms with van der Waals surface area (Å²) in [5.41, 5.74) is 7.40. The van der Waals surface area contributed by atoms with Gasteiger partial charge in [-0.3, -0.25) is 14.5 Å². The van der Waals surface area contributed by atoms with Crippen molar-refractivity contribution in [1.82, 2.24) is 14.7 Å². The fraction of sp³-hybridized carbons (Fsp3) is 0.429. The first kappa shape index (κ1) is 23.6. The molecule has 0 aliphatic carbocycles. The number of carbonyl (C=O) groups is 2. The van der Waals surface area contributed by atoms with Crippen LogP contribution < -0.4 is 15.4 Å². The van der Waals surface area contributed by atoms with E-state index in [0.717, 1.165) is 5.56 Å². The minimum atomic E-state index is -3.64. The molecule has 3 rings (SSSR count). The molecule has 0 fully saturated rings. The van der Waals surface area contributed by atoms with Crippen molar-refractivity contribution in [1.29, 1.82) is 0 Å². The van der Waals surface area contributed by atoms with Gasteiger partial charge in [0, 0.05) is 25.1 Å². The third-order valence-electron chi connectivity index (χ3n) is 5.19. The van der Waals surface area contributed by atoms with Gasteiger partial charge in [0.1, 0.15) is 17.5 Å². The summed E-state index contributed by atoms with van der Waals surface area (Å²) in [6, 6.07) is 6.40. The second-order valence-electron chi connectivity index (χ2n) is 7.51. The van der Waals surface area contributed by atoms with E-state index < -0.39 is 10.0 Å². The number of ether oxygens (including phenoxy) is 1. The van der Waals surface area contributed by atoms with Gasteiger partial charge in [-0.05, 0) is 43.9 Å². The van der Waals surface area contributed by atoms with Crippen LogP contribution in [0.3, 0.4) is 0 Å². The molecule has 10 nitrogen and oxygen atoms in total. The van der Waals surface area contributed by atoms with E-state index in [1.165, 1.54) is 19.2 Å². The first-order valence-electron chi connectivity index (χ1n) is 10.3. The molecule has 1 aromatic carbocycles. The average molecular weight is 462 g/mol. The first-order valence-corrected chi connectivity index (χ1v) is 11.8. The Labute approximate surface area is 187 Å². The van der Waals surface area contributed by atoms with Gasteiger partial charge in [0.15, 0.2) is 0 Å². The molecule has 0 spiro atoms. The number of nitrogens with zero attached hydrogens (tertiary/aromatic N) is 3. The minimum absolute atomic E-state index is 0.0838. The molecule has 0 radical (unpaired) electrons. The Hall–Kier alpha value is -3.05. The van der Waals surface area contributed by atoms with Crippen molar-refractivity contribution in [3.05, 3.63) is 41.2 Å². The Morgan fingerprint density at radius 3 is 2.62 bits per heavy atom. The zero-order valence-electron chi connectivity index (χ0n) is 18.1. The highest BCUT2D eigenvalue weighted by atomic mass is 32.2. The van der Waals surface area contributed by atoms with Crippen LogP contribution in [0.1, 0.15) is 36.2 Å². The van der Waals surface area contributed by atoms with Crippen LogP contribution in [-0.2, 0) is 37.2 Å². The summed E-state index contributed by atoms with van der Waals surface area (Å²) >= 11 is 0. The Kier molecular flexibility index (Phi) is 7.41. The lowest BCUT2D eigenvalue weighted by Gasteiger charge is -2.17. The zero-order valence-corrected chi connectivity index (χ0v) is 18.9. The van der Waals surface area contributed by atoms with Crippen molar-refractivity contribution in [3.63, 3.8) is 0 Å². The number of aryl methyl sites for hydroxylation is 2. The quantitative estimate of drug-likeness (QED) is 0.396. The highest BCUT2D eigenvalue weighted by molar-refractivity contribution is 7.89. The van der Waals surface area contributed by atoms with Crippen molar-refractivity contribution in [2.24, 2.45) is 0 Å². The number of carbonyl (C=O) groups excluding carboxylic acids is 2. The summed E-state index contributed by atoms with van der Waals surface area (Å²) in [6.45, 7) is 2.39. The van der Waals surface area contributed by atoms with E-state index in [-0.39, 0.29) is 36.2 Å². The topological polar surface area (TPSA) is 145 Å². The highest BCUT2D eigenvalue weighted by Crippen LogP contribution is 2.30. The standard InChI is InChI=1S/C21H27N5O5S/c1-14-24-20(22)17-13-18(27)26(21(17)25-14)12-4-3-11-23-32(29,30)16-8-5-15(6-9-16)7-10-19(28)31-2/h5-6,8-9,23H,3-4,7,10-13H2,1-2H3,(H2,22,24,25). The van der Waals surface area contributed by atoms with Crippen LogP contribution in [0.25, 0.3) is 0 Å². The summed E-state index contributed by atoms with van der Waals surface area (Å²) < 4.78 is 32.1. The van der Waals surface area contributed by atoms with E-state index in [4.69, 9.17) is 5.73 Å². The Morgan fingerprint density at radius 2 is 1.94 bits per heavy atom. The van der Waals surface area contributed by atoms with Gasteiger partial charge in [-0.2, -0.15) is 0 Å². The van der Waals surface area contributed by atoms with Gasteiger partial charge in [-0.15, -0.1) is 0 Å². The molecular weight excluding hydrogens is 434 g/mol. The molecule has 2 aromatic rings. The molecule has 0 unspecified atom stereocenters. The van der Waals surface area contributed by atoms with Crippen LogP contribution in [-0.4, -0.2) is 50.5 Å². The van der Waals surface area contributed by atoms with E-state index in [0.29, 0.717) is 48.8 Å². The van der Waals surface area contributed by atoms with Crippen molar-refractivity contribution >= 4 is 33.5 Å². The number of nitrogens with one attached hydrogen (secondary N) is 1. The molecule has 1 aliphatic heterocycles. The normalized spacial score (nSPS) is 13.3. The minimum Gasteiger partial charge on any atom is -0.469 e. The van der Waals surface area contributed by atoms with Gasteiger partial charge in [-0.25, -0.2) is 23.1 Å². The summed E-state index contributed by atoms with van der Waals surface area (Å²) in [6.07, 6.45) is 2.06. The van der Waals surface area contributed by atoms with Crippen molar-refractivity contribution < 1.29 is 22.7 Å². The maximum atomic E-state index is 12.5. The number of aromatic nitrogens is 2. The van der Waals surface area contributed by atoms with Crippen LogP contribution in [0.2, 0.25) is 0 Å². The monoisotopic (exact) mass is 461 g/mol. The lowest BCUT2D eigenvalue weighted by atomic mass is 10.1. The van der Waals surface area contributed by atoms with Crippen LogP contribution >= 0.6 is 0 Å². The Morgan fingerprint density at radius 1 is 1.22 bits per heavy atom. The number of amides is 1. The van der Waals surface area contributed by atoms with Crippen LogP contribution in [0.15, 0.2) is 29.2 Å². The second-order valence-corrected chi connectivity index (χ2v) is 9.27. The number of anilines is 2. The van der Waals surface area contributed by atoms with Crippen LogP contribution in [0.4, 0.5) is 11.6 Å². The van der Waals surface area contributed by atoms with Crippen molar-refractivity contribution in [2.45, 2.75) is 43.9 Å². The van der Waals surface area contributed by atoms with E-state index in [2.05, 4.69) is 19.4 Å². The number of nitrogens with two attached hydrogens (primary N) is 1. The SMILES string of the molecule is COC(=O)CCc1ccc(S(=O)(=O)NCCCCN2C(=O)Cc3c(N)nc(C)nc32)cc1. The number of sulfonamides is 1.